The number of halogens is 1. The lowest BCUT2D eigenvalue weighted by atomic mass is 10.0. The highest BCUT2D eigenvalue weighted by Crippen LogP contribution is 2.18. The molecule has 1 aromatic rings. The maximum atomic E-state index is 5.88. The van der Waals surface area contributed by atoms with E-state index in [4.69, 9.17) is 16.3 Å². The van der Waals surface area contributed by atoms with Gasteiger partial charge in [-0.2, -0.15) is 0 Å². The second-order valence-corrected chi connectivity index (χ2v) is 3.99. The molecular weight excluding hydrogens is 214 g/mol. The van der Waals surface area contributed by atoms with Gasteiger partial charge >= 0.3 is 0 Å². The van der Waals surface area contributed by atoms with Crippen molar-refractivity contribution in [3.8, 4) is 0 Å². The van der Waals surface area contributed by atoms with E-state index in [0.717, 1.165) is 32.6 Å². The van der Waals surface area contributed by atoms with E-state index in [-0.39, 0.29) is 0 Å². The van der Waals surface area contributed by atoms with E-state index < -0.39 is 0 Å². The van der Waals surface area contributed by atoms with Crippen LogP contribution in [0.25, 0.3) is 0 Å². The van der Waals surface area contributed by atoms with Crippen molar-refractivity contribution in [3.05, 3.63) is 17.5 Å². The van der Waals surface area contributed by atoms with Crippen molar-refractivity contribution in [2.75, 3.05) is 25.1 Å². The molecule has 5 heteroatoms. The summed E-state index contributed by atoms with van der Waals surface area (Å²) in [6.07, 6.45) is 5.43. The lowest BCUT2D eigenvalue weighted by Gasteiger charge is -2.22. The molecule has 0 saturated carbocycles. The van der Waals surface area contributed by atoms with Gasteiger partial charge in [0, 0.05) is 32.2 Å². The average molecular weight is 228 g/mol. The molecule has 0 aromatic carbocycles. The summed E-state index contributed by atoms with van der Waals surface area (Å²) in [5, 5.41) is 3.66. The Hall–Kier alpha value is -0.870. The Balaban J connectivity index is 1.84. The van der Waals surface area contributed by atoms with E-state index >= 15 is 0 Å². The minimum atomic E-state index is 0.435. The zero-order chi connectivity index (χ0) is 10.5. The monoisotopic (exact) mass is 227 g/mol. The first-order valence-electron chi connectivity index (χ1n) is 5.14. The quantitative estimate of drug-likeness (QED) is 0.858. The summed E-state index contributed by atoms with van der Waals surface area (Å²) in [6.45, 7) is 2.61. The van der Waals surface area contributed by atoms with Gasteiger partial charge in [-0.25, -0.2) is 9.97 Å². The maximum absolute atomic E-state index is 5.88. The van der Waals surface area contributed by atoms with Gasteiger partial charge in [0.25, 0.3) is 0 Å². The van der Waals surface area contributed by atoms with Gasteiger partial charge in [-0.05, 0) is 18.8 Å². The minimum absolute atomic E-state index is 0.435. The number of anilines is 1. The first kappa shape index (κ1) is 10.6. The fourth-order valence-electron chi connectivity index (χ4n) is 1.63. The van der Waals surface area contributed by atoms with E-state index in [2.05, 4.69) is 15.3 Å². The smallest absolute Gasteiger partial charge is 0.171 e. The van der Waals surface area contributed by atoms with E-state index in [9.17, 15) is 0 Å². The molecule has 1 N–H and O–H groups in total. The van der Waals surface area contributed by atoms with Gasteiger partial charge in [-0.15, -0.1) is 0 Å². The van der Waals surface area contributed by atoms with Crippen molar-refractivity contribution in [1.29, 1.82) is 0 Å². The van der Waals surface area contributed by atoms with Crippen molar-refractivity contribution < 1.29 is 4.74 Å². The Bertz CT molecular complexity index is 315. The van der Waals surface area contributed by atoms with Crippen molar-refractivity contribution in [2.24, 2.45) is 5.92 Å². The molecule has 4 nitrogen and oxygen atoms in total. The summed E-state index contributed by atoms with van der Waals surface area (Å²) >= 11 is 5.88. The largest absolute Gasteiger partial charge is 0.381 e. The number of nitrogens with zero attached hydrogens (tertiary/aromatic N) is 2. The Morgan fingerprint density at radius 2 is 2.07 bits per heavy atom. The predicted molar refractivity (Wildman–Crippen MR) is 59.1 cm³/mol. The summed E-state index contributed by atoms with van der Waals surface area (Å²) in [7, 11) is 0. The molecule has 1 aromatic heterocycles. The number of aromatic nitrogens is 2. The highest BCUT2D eigenvalue weighted by molar-refractivity contribution is 6.31. The fourth-order valence-corrected chi connectivity index (χ4v) is 1.80. The van der Waals surface area contributed by atoms with E-state index in [0.29, 0.717) is 16.9 Å². The Morgan fingerprint density at radius 1 is 1.33 bits per heavy atom. The number of hydrogen-bond acceptors (Lipinski definition) is 4. The maximum Gasteiger partial charge on any atom is 0.171 e. The van der Waals surface area contributed by atoms with Crippen molar-refractivity contribution in [3.63, 3.8) is 0 Å². The SMILES string of the molecule is Clc1nccnc1NCC1CCOCC1. The van der Waals surface area contributed by atoms with Gasteiger partial charge < -0.3 is 10.1 Å². The molecule has 1 aliphatic heterocycles. The third-order valence-electron chi connectivity index (χ3n) is 2.55. The topological polar surface area (TPSA) is 47.0 Å². The Labute approximate surface area is 94.0 Å². The number of hydrogen-bond donors (Lipinski definition) is 1. The van der Waals surface area contributed by atoms with E-state index in [1.165, 1.54) is 0 Å². The highest BCUT2D eigenvalue weighted by Gasteiger charge is 2.14. The third kappa shape index (κ3) is 3.04. The van der Waals surface area contributed by atoms with Crippen LogP contribution in [-0.2, 0) is 4.74 Å². The molecule has 2 heterocycles. The number of ether oxygens (including phenoxy) is 1. The molecular formula is C10H14ClN3O. The summed E-state index contributed by atoms with van der Waals surface area (Å²) in [5.74, 6) is 1.32. The molecule has 0 unspecified atom stereocenters. The van der Waals surface area contributed by atoms with E-state index in [1.54, 1.807) is 12.4 Å². The molecule has 0 atom stereocenters. The summed E-state index contributed by atoms with van der Waals surface area (Å²) < 4.78 is 5.29. The molecule has 15 heavy (non-hydrogen) atoms. The van der Waals surface area contributed by atoms with Crippen LogP contribution in [0.1, 0.15) is 12.8 Å². The van der Waals surface area contributed by atoms with Gasteiger partial charge in [0.1, 0.15) is 0 Å². The second-order valence-electron chi connectivity index (χ2n) is 3.63. The van der Waals surface area contributed by atoms with Crippen LogP contribution >= 0.6 is 11.6 Å². The van der Waals surface area contributed by atoms with Gasteiger partial charge in [0.15, 0.2) is 11.0 Å². The summed E-state index contributed by atoms with van der Waals surface area (Å²) in [5.41, 5.74) is 0. The lowest BCUT2D eigenvalue weighted by Crippen LogP contribution is -2.23. The molecule has 0 bridgehead atoms. The lowest BCUT2D eigenvalue weighted by molar-refractivity contribution is 0.0699. The molecule has 0 spiro atoms. The van der Waals surface area contributed by atoms with Gasteiger partial charge in [-0.3, -0.25) is 0 Å². The minimum Gasteiger partial charge on any atom is -0.381 e. The van der Waals surface area contributed by atoms with Gasteiger partial charge in [0.2, 0.25) is 0 Å². The van der Waals surface area contributed by atoms with Gasteiger partial charge in [0.05, 0.1) is 0 Å². The molecule has 1 saturated heterocycles. The zero-order valence-corrected chi connectivity index (χ0v) is 9.20. The second kappa shape index (κ2) is 5.28. The molecule has 0 radical (unpaired) electrons. The van der Waals surface area contributed by atoms with Crippen LogP contribution in [0.15, 0.2) is 12.4 Å². The molecule has 1 fully saturated rings. The van der Waals surface area contributed by atoms with Crippen LogP contribution in [0.2, 0.25) is 5.15 Å². The molecule has 1 aliphatic rings. The van der Waals surface area contributed by atoms with Crippen molar-refractivity contribution >= 4 is 17.4 Å². The van der Waals surface area contributed by atoms with E-state index in [1.807, 2.05) is 0 Å². The van der Waals surface area contributed by atoms with Crippen molar-refractivity contribution in [1.82, 2.24) is 9.97 Å². The van der Waals surface area contributed by atoms with Crippen LogP contribution < -0.4 is 5.32 Å². The highest BCUT2D eigenvalue weighted by atomic mass is 35.5. The summed E-state index contributed by atoms with van der Waals surface area (Å²) in [6, 6.07) is 0. The molecule has 2 rings (SSSR count). The predicted octanol–water partition coefficient (Wildman–Crippen LogP) is 1.97. The first-order chi connectivity index (χ1) is 7.36. The van der Waals surface area contributed by atoms with Crippen molar-refractivity contribution in [2.45, 2.75) is 12.8 Å². The molecule has 0 amide bonds. The summed E-state index contributed by atoms with van der Waals surface area (Å²) in [4.78, 5) is 8.08. The zero-order valence-electron chi connectivity index (χ0n) is 8.45. The standard InChI is InChI=1S/C10H14ClN3O/c11-9-10(13-4-3-12-9)14-7-8-1-5-15-6-2-8/h3-4,8H,1-2,5-7H2,(H,13,14). The van der Waals surface area contributed by atoms with Gasteiger partial charge in [-0.1, -0.05) is 11.6 Å². The Kier molecular flexibility index (Phi) is 3.75. The van der Waals surface area contributed by atoms with Crippen LogP contribution in [0.5, 0.6) is 0 Å². The van der Waals surface area contributed by atoms with Crippen LogP contribution in [0.3, 0.4) is 0 Å². The average Bonchev–Trinajstić information content (AvgIpc) is 2.29. The first-order valence-corrected chi connectivity index (χ1v) is 5.52. The van der Waals surface area contributed by atoms with Crippen LogP contribution in [0.4, 0.5) is 5.82 Å². The number of nitrogens with one attached hydrogen (secondary N) is 1. The molecule has 0 aliphatic carbocycles. The third-order valence-corrected chi connectivity index (χ3v) is 2.83. The normalized spacial score (nSPS) is 17.7. The fraction of sp³-hybridized carbons (Fsp3) is 0.600. The Morgan fingerprint density at radius 3 is 2.80 bits per heavy atom. The molecule has 82 valence electrons. The number of rotatable bonds is 3. The van der Waals surface area contributed by atoms with Crippen LogP contribution in [-0.4, -0.2) is 29.7 Å². The van der Waals surface area contributed by atoms with Crippen LogP contribution in [0, 0.1) is 5.92 Å².